The van der Waals surface area contributed by atoms with Crippen molar-refractivity contribution in [3.8, 4) is 5.75 Å². The molecule has 0 bridgehead atoms. The van der Waals surface area contributed by atoms with Gasteiger partial charge in [0, 0.05) is 11.1 Å². The third-order valence-corrected chi connectivity index (χ3v) is 3.23. The smallest absolute Gasteiger partial charge is 0.174 e. The van der Waals surface area contributed by atoms with Gasteiger partial charge in [0.2, 0.25) is 0 Å². The molecule has 5 heteroatoms. The Bertz CT molecular complexity index is 404. The van der Waals surface area contributed by atoms with Crippen molar-refractivity contribution in [3.05, 3.63) is 26.8 Å². The Morgan fingerprint density at radius 2 is 2.27 bits per heavy atom. The van der Waals surface area contributed by atoms with E-state index in [-0.39, 0.29) is 11.1 Å². The zero-order chi connectivity index (χ0) is 11.4. The summed E-state index contributed by atoms with van der Waals surface area (Å²) in [5, 5.41) is 0.192. The van der Waals surface area contributed by atoms with E-state index >= 15 is 0 Å². The Morgan fingerprint density at radius 1 is 1.60 bits per heavy atom. The monoisotopic (exact) mass is 382 g/mol. The summed E-state index contributed by atoms with van der Waals surface area (Å²) in [7, 11) is 1.53. The Morgan fingerprint density at radius 3 is 2.73 bits per heavy atom. The van der Waals surface area contributed by atoms with Crippen molar-refractivity contribution in [2.75, 3.05) is 12.4 Å². The van der Waals surface area contributed by atoms with Crippen LogP contribution in [0.25, 0.3) is 0 Å². The minimum absolute atomic E-state index is 0.133. The minimum atomic E-state index is -0.133. The van der Waals surface area contributed by atoms with E-state index in [2.05, 4.69) is 38.5 Å². The van der Waals surface area contributed by atoms with Crippen LogP contribution in [0.3, 0.4) is 0 Å². The molecule has 1 aromatic carbocycles. The number of ether oxygens (including phenoxy) is 1. The van der Waals surface area contributed by atoms with Gasteiger partial charge in [-0.25, -0.2) is 0 Å². The summed E-state index contributed by atoms with van der Waals surface area (Å²) in [6, 6.07) is 3.23. The molecule has 0 N–H and O–H groups in total. The van der Waals surface area contributed by atoms with Gasteiger partial charge in [-0.2, -0.15) is 0 Å². The number of carbonyl (C=O) groups excluding carboxylic acids is 2. The fraction of sp³-hybridized carbons (Fsp3) is 0.200. The van der Waals surface area contributed by atoms with Crippen molar-refractivity contribution >= 4 is 50.6 Å². The predicted molar refractivity (Wildman–Crippen MR) is 69.2 cm³/mol. The second kappa shape index (κ2) is 5.60. The molecule has 0 saturated carbocycles. The van der Waals surface area contributed by atoms with E-state index in [1.165, 1.54) is 7.11 Å². The highest BCUT2D eigenvalue weighted by molar-refractivity contribution is 14.1. The maximum absolute atomic E-state index is 11.5. The van der Waals surface area contributed by atoms with Crippen LogP contribution < -0.4 is 4.74 Å². The quantitative estimate of drug-likeness (QED) is 0.348. The highest BCUT2D eigenvalue weighted by atomic mass is 127. The molecule has 0 fully saturated rings. The van der Waals surface area contributed by atoms with Crippen LogP contribution >= 0.6 is 38.5 Å². The van der Waals surface area contributed by atoms with Crippen molar-refractivity contribution < 1.29 is 14.3 Å². The van der Waals surface area contributed by atoms with E-state index in [1.54, 1.807) is 12.1 Å². The third-order valence-electron chi connectivity index (χ3n) is 1.87. The lowest BCUT2D eigenvalue weighted by molar-refractivity contribution is 0.101. The summed E-state index contributed by atoms with van der Waals surface area (Å²) in [4.78, 5) is 22.3. The topological polar surface area (TPSA) is 43.4 Å². The molecule has 15 heavy (non-hydrogen) atoms. The maximum Gasteiger partial charge on any atom is 0.174 e. The van der Waals surface area contributed by atoms with Gasteiger partial charge in [-0.1, -0.05) is 15.9 Å². The SMILES string of the molecule is COc1cc(C(=O)CBr)c(C=O)cc1I. The number of benzene rings is 1. The fourth-order valence-corrected chi connectivity index (χ4v) is 2.15. The van der Waals surface area contributed by atoms with Crippen LogP contribution in [0, 0.1) is 3.57 Å². The highest BCUT2D eigenvalue weighted by Gasteiger charge is 2.13. The third kappa shape index (κ3) is 2.78. The van der Waals surface area contributed by atoms with Crippen molar-refractivity contribution in [1.82, 2.24) is 0 Å². The summed E-state index contributed by atoms with van der Waals surface area (Å²) in [5.41, 5.74) is 0.781. The van der Waals surface area contributed by atoms with Crippen molar-refractivity contribution in [2.24, 2.45) is 0 Å². The Labute approximate surface area is 109 Å². The number of Topliss-reactive ketones (excluding diaryl/α,β-unsaturated/α-hetero) is 1. The molecule has 0 aromatic heterocycles. The second-order valence-electron chi connectivity index (χ2n) is 2.75. The number of carbonyl (C=O) groups is 2. The number of hydrogen-bond acceptors (Lipinski definition) is 3. The summed E-state index contributed by atoms with van der Waals surface area (Å²) < 4.78 is 5.90. The average Bonchev–Trinajstić information content (AvgIpc) is 2.27. The summed E-state index contributed by atoms with van der Waals surface area (Å²) in [6.45, 7) is 0. The number of methoxy groups -OCH3 is 1. The summed E-state index contributed by atoms with van der Waals surface area (Å²) in [5.74, 6) is 0.470. The molecule has 0 atom stereocenters. The molecular weight excluding hydrogens is 375 g/mol. The van der Waals surface area contributed by atoms with Gasteiger partial charge in [-0.05, 0) is 34.7 Å². The molecule has 0 aliphatic carbocycles. The Kier molecular flexibility index (Phi) is 4.72. The number of aldehydes is 1. The minimum Gasteiger partial charge on any atom is -0.496 e. The zero-order valence-corrected chi connectivity index (χ0v) is 11.7. The molecule has 1 aromatic rings. The molecule has 1 rings (SSSR count). The largest absolute Gasteiger partial charge is 0.496 e. The fourth-order valence-electron chi connectivity index (χ4n) is 1.14. The molecule has 0 saturated heterocycles. The van der Waals surface area contributed by atoms with Gasteiger partial charge in [0.25, 0.3) is 0 Å². The lowest BCUT2D eigenvalue weighted by atomic mass is 10.1. The van der Waals surface area contributed by atoms with Gasteiger partial charge in [0.05, 0.1) is 16.0 Å². The first-order valence-corrected chi connectivity index (χ1v) is 6.26. The first-order chi connectivity index (χ1) is 7.13. The molecule has 0 spiro atoms. The van der Waals surface area contributed by atoms with Gasteiger partial charge in [-0.15, -0.1) is 0 Å². The lowest BCUT2D eigenvalue weighted by Gasteiger charge is -2.07. The molecular formula is C10H8BrIO3. The van der Waals surface area contributed by atoms with E-state index in [0.717, 1.165) is 3.57 Å². The molecule has 0 aliphatic heterocycles. The molecule has 0 unspecified atom stereocenters. The van der Waals surface area contributed by atoms with Gasteiger partial charge < -0.3 is 4.74 Å². The molecule has 0 heterocycles. The number of alkyl halides is 1. The lowest BCUT2D eigenvalue weighted by Crippen LogP contribution is -2.06. The summed E-state index contributed by atoms with van der Waals surface area (Å²) in [6.07, 6.45) is 0.678. The van der Waals surface area contributed by atoms with E-state index in [0.29, 0.717) is 23.2 Å². The molecule has 0 amide bonds. The second-order valence-corrected chi connectivity index (χ2v) is 4.47. The van der Waals surface area contributed by atoms with Crippen LogP contribution in [0.15, 0.2) is 12.1 Å². The molecule has 3 nitrogen and oxygen atoms in total. The highest BCUT2D eigenvalue weighted by Crippen LogP contribution is 2.25. The van der Waals surface area contributed by atoms with E-state index < -0.39 is 0 Å². The Balaban J connectivity index is 3.34. The molecule has 80 valence electrons. The first-order valence-electron chi connectivity index (χ1n) is 4.06. The number of halogens is 2. The van der Waals surface area contributed by atoms with Crippen LogP contribution in [0.2, 0.25) is 0 Å². The van der Waals surface area contributed by atoms with E-state index in [4.69, 9.17) is 4.74 Å². The van der Waals surface area contributed by atoms with Crippen molar-refractivity contribution in [3.63, 3.8) is 0 Å². The summed E-state index contributed by atoms with van der Waals surface area (Å²) >= 11 is 5.13. The normalized spacial score (nSPS) is 9.80. The number of hydrogen-bond donors (Lipinski definition) is 0. The van der Waals surface area contributed by atoms with Crippen LogP contribution in [0.4, 0.5) is 0 Å². The van der Waals surface area contributed by atoms with Crippen LogP contribution in [-0.4, -0.2) is 24.5 Å². The standard InChI is InChI=1S/C10H8BrIO3/c1-15-10-3-7(9(14)4-11)6(5-13)2-8(10)12/h2-3,5H,4H2,1H3. The maximum atomic E-state index is 11.5. The predicted octanol–water partition coefficient (Wildman–Crippen LogP) is 2.69. The van der Waals surface area contributed by atoms with Gasteiger partial charge in [0.15, 0.2) is 12.1 Å². The van der Waals surface area contributed by atoms with Crippen LogP contribution in [-0.2, 0) is 0 Å². The van der Waals surface area contributed by atoms with Gasteiger partial charge >= 0.3 is 0 Å². The van der Waals surface area contributed by atoms with Crippen LogP contribution in [0.5, 0.6) is 5.75 Å². The van der Waals surface area contributed by atoms with E-state index in [1.807, 2.05) is 0 Å². The molecule has 0 radical (unpaired) electrons. The van der Waals surface area contributed by atoms with Gasteiger partial charge in [0.1, 0.15) is 5.75 Å². The first kappa shape index (κ1) is 12.6. The Hall–Kier alpha value is -0.430. The van der Waals surface area contributed by atoms with Crippen molar-refractivity contribution in [2.45, 2.75) is 0 Å². The zero-order valence-electron chi connectivity index (χ0n) is 7.92. The van der Waals surface area contributed by atoms with E-state index in [9.17, 15) is 9.59 Å². The number of ketones is 1. The number of rotatable bonds is 4. The van der Waals surface area contributed by atoms with Crippen LogP contribution in [0.1, 0.15) is 20.7 Å². The van der Waals surface area contributed by atoms with Gasteiger partial charge in [-0.3, -0.25) is 9.59 Å². The average molecular weight is 383 g/mol. The molecule has 0 aliphatic rings. The van der Waals surface area contributed by atoms with Crippen molar-refractivity contribution in [1.29, 1.82) is 0 Å².